The van der Waals surface area contributed by atoms with E-state index in [0.717, 1.165) is 38.8 Å². The molecule has 1 heterocycles. The summed E-state index contributed by atoms with van der Waals surface area (Å²) in [7, 11) is 1.67. The first-order valence-electron chi connectivity index (χ1n) is 7.02. The first kappa shape index (κ1) is 19.9. The van der Waals surface area contributed by atoms with Crippen LogP contribution < -0.4 is 5.32 Å². The maximum atomic E-state index is 11.9. The normalized spacial score (nSPS) is 19.8. The molecule has 5 nitrogen and oxygen atoms in total. The molecule has 0 aromatic rings. The quantitative estimate of drug-likeness (QED) is 0.732. The number of carbonyl (C=O) groups is 1. The SMILES string of the molecule is COCCNCC(=O)N1CCN(C2CCC2)CC1.Cl.Cl. The third kappa shape index (κ3) is 5.74. The minimum atomic E-state index is 0. The lowest BCUT2D eigenvalue weighted by atomic mass is 9.91. The summed E-state index contributed by atoms with van der Waals surface area (Å²) in [5.41, 5.74) is 0. The molecule has 7 heteroatoms. The maximum Gasteiger partial charge on any atom is 0.236 e. The lowest BCUT2D eigenvalue weighted by Crippen LogP contribution is -2.54. The van der Waals surface area contributed by atoms with Crippen LogP contribution in [0.15, 0.2) is 0 Å². The van der Waals surface area contributed by atoms with Gasteiger partial charge in [-0.25, -0.2) is 0 Å². The molecule has 0 aromatic heterocycles. The molecule has 2 fully saturated rings. The van der Waals surface area contributed by atoms with Crippen LogP contribution in [0.2, 0.25) is 0 Å². The average molecular weight is 328 g/mol. The van der Waals surface area contributed by atoms with Crippen LogP contribution in [0.1, 0.15) is 19.3 Å². The van der Waals surface area contributed by atoms with Crippen molar-refractivity contribution in [3.05, 3.63) is 0 Å². The van der Waals surface area contributed by atoms with Gasteiger partial charge >= 0.3 is 0 Å². The number of amides is 1. The van der Waals surface area contributed by atoms with E-state index in [9.17, 15) is 4.79 Å². The first-order chi connectivity index (χ1) is 8.81. The van der Waals surface area contributed by atoms with Gasteiger partial charge in [0, 0.05) is 45.9 Å². The summed E-state index contributed by atoms with van der Waals surface area (Å²) < 4.78 is 4.93. The van der Waals surface area contributed by atoms with Crippen molar-refractivity contribution in [1.29, 1.82) is 0 Å². The molecule has 20 heavy (non-hydrogen) atoms. The molecule has 0 bridgehead atoms. The fourth-order valence-corrected chi connectivity index (χ4v) is 2.57. The van der Waals surface area contributed by atoms with Gasteiger partial charge in [0.15, 0.2) is 0 Å². The second-order valence-corrected chi connectivity index (χ2v) is 5.17. The van der Waals surface area contributed by atoms with Crippen molar-refractivity contribution in [1.82, 2.24) is 15.1 Å². The molecule has 0 spiro atoms. The van der Waals surface area contributed by atoms with Crippen LogP contribution in [0.5, 0.6) is 0 Å². The molecule has 1 saturated carbocycles. The van der Waals surface area contributed by atoms with Crippen molar-refractivity contribution in [2.75, 3.05) is 53.0 Å². The summed E-state index contributed by atoms with van der Waals surface area (Å²) >= 11 is 0. The highest BCUT2D eigenvalue weighted by Gasteiger charge is 2.28. The molecule has 1 aliphatic heterocycles. The van der Waals surface area contributed by atoms with E-state index in [1.165, 1.54) is 19.3 Å². The van der Waals surface area contributed by atoms with E-state index >= 15 is 0 Å². The van der Waals surface area contributed by atoms with Gasteiger partial charge in [-0.2, -0.15) is 0 Å². The summed E-state index contributed by atoms with van der Waals surface area (Å²) in [6.45, 7) is 5.71. The predicted molar refractivity (Wildman–Crippen MR) is 85.0 cm³/mol. The number of hydrogen-bond acceptors (Lipinski definition) is 4. The van der Waals surface area contributed by atoms with Crippen LogP contribution in [0, 0.1) is 0 Å². The molecule has 0 unspecified atom stereocenters. The maximum absolute atomic E-state index is 11.9. The van der Waals surface area contributed by atoms with Crippen molar-refractivity contribution in [3.8, 4) is 0 Å². The fourth-order valence-electron chi connectivity index (χ4n) is 2.57. The summed E-state index contributed by atoms with van der Waals surface area (Å²) in [5, 5.41) is 3.11. The number of carbonyl (C=O) groups excluding carboxylic acids is 1. The van der Waals surface area contributed by atoms with E-state index < -0.39 is 0 Å². The van der Waals surface area contributed by atoms with Gasteiger partial charge in [0.25, 0.3) is 0 Å². The summed E-state index contributed by atoms with van der Waals surface area (Å²) in [5.74, 6) is 0.222. The molecule has 0 aromatic carbocycles. The van der Waals surface area contributed by atoms with E-state index in [0.29, 0.717) is 13.2 Å². The Bertz CT molecular complexity index is 270. The van der Waals surface area contributed by atoms with Gasteiger partial charge in [0.1, 0.15) is 0 Å². The standard InChI is InChI=1S/C13H25N3O2.2ClH/c1-18-10-5-14-11-13(17)16-8-6-15(7-9-16)12-3-2-4-12;;/h12,14H,2-11H2,1H3;2*1H. The molecular weight excluding hydrogens is 301 g/mol. The van der Waals surface area contributed by atoms with Crippen LogP contribution in [0.4, 0.5) is 0 Å². The number of methoxy groups -OCH3 is 1. The molecule has 1 saturated heterocycles. The highest BCUT2D eigenvalue weighted by Crippen LogP contribution is 2.25. The highest BCUT2D eigenvalue weighted by atomic mass is 35.5. The number of nitrogens with zero attached hydrogens (tertiary/aromatic N) is 2. The molecular formula is C13H27Cl2N3O2. The van der Waals surface area contributed by atoms with Gasteiger partial charge in [0.2, 0.25) is 5.91 Å². The monoisotopic (exact) mass is 327 g/mol. The molecule has 0 atom stereocenters. The second-order valence-electron chi connectivity index (χ2n) is 5.17. The summed E-state index contributed by atoms with van der Waals surface area (Å²) in [6, 6.07) is 0.807. The van der Waals surface area contributed by atoms with Crippen molar-refractivity contribution in [3.63, 3.8) is 0 Å². The van der Waals surface area contributed by atoms with Crippen molar-refractivity contribution < 1.29 is 9.53 Å². The van der Waals surface area contributed by atoms with Gasteiger partial charge in [-0.15, -0.1) is 24.8 Å². The number of nitrogens with one attached hydrogen (secondary N) is 1. The minimum Gasteiger partial charge on any atom is -0.383 e. The van der Waals surface area contributed by atoms with E-state index in [2.05, 4.69) is 10.2 Å². The molecule has 1 N–H and O–H groups in total. The van der Waals surface area contributed by atoms with Gasteiger partial charge in [-0.05, 0) is 12.8 Å². The predicted octanol–water partition coefficient (Wildman–Crippen LogP) is 0.763. The molecule has 1 amide bonds. The Morgan fingerprint density at radius 1 is 1.20 bits per heavy atom. The Hall–Kier alpha value is -0.0700. The average Bonchev–Trinajstić information content (AvgIpc) is 2.33. The zero-order chi connectivity index (χ0) is 12.8. The first-order valence-corrected chi connectivity index (χ1v) is 7.02. The zero-order valence-corrected chi connectivity index (χ0v) is 13.8. The molecule has 2 rings (SSSR count). The smallest absolute Gasteiger partial charge is 0.236 e. The van der Waals surface area contributed by atoms with Crippen molar-refractivity contribution >= 4 is 30.7 Å². The van der Waals surface area contributed by atoms with E-state index in [-0.39, 0.29) is 30.7 Å². The third-order valence-electron chi connectivity index (χ3n) is 4.02. The van der Waals surface area contributed by atoms with Crippen LogP contribution in [0.25, 0.3) is 0 Å². The van der Waals surface area contributed by atoms with Gasteiger partial charge in [-0.3, -0.25) is 9.69 Å². The summed E-state index contributed by atoms with van der Waals surface area (Å²) in [4.78, 5) is 16.5. The highest BCUT2D eigenvalue weighted by molar-refractivity contribution is 5.85. The van der Waals surface area contributed by atoms with E-state index in [4.69, 9.17) is 4.74 Å². The van der Waals surface area contributed by atoms with Gasteiger partial charge in [-0.1, -0.05) is 6.42 Å². The van der Waals surface area contributed by atoms with Crippen LogP contribution in [-0.2, 0) is 9.53 Å². The number of rotatable bonds is 6. The Kier molecular flexibility index (Phi) is 10.6. The van der Waals surface area contributed by atoms with E-state index in [1.807, 2.05) is 4.90 Å². The third-order valence-corrected chi connectivity index (χ3v) is 4.02. The number of hydrogen-bond donors (Lipinski definition) is 1. The summed E-state index contributed by atoms with van der Waals surface area (Å²) in [6.07, 6.45) is 4.09. The van der Waals surface area contributed by atoms with Gasteiger partial charge < -0.3 is 15.0 Å². The minimum absolute atomic E-state index is 0. The fraction of sp³-hybridized carbons (Fsp3) is 0.923. The molecule has 1 aliphatic carbocycles. The topological polar surface area (TPSA) is 44.8 Å². The Morgan fingerprint density at radius 2 is 1.85 bits per heavy atom. The lowest BCUT2D eigenvalue weighted by molar-refractivity contribution is -0.132. The molecule has 120 valence electrons. The van der Waals surface area contributed by atoms with Crippen molar-refractivity contribution in [2.24, 2.45) is 0 Å². The van der Waals surface area contributed by atoms with Crippen molar-refractivity contribution in [2.45, 2.75) is 25.3 Å². The number of ether oxygens (including phenoxy) is 1. The second kappa shape index (κ2) is 10.6. The van der Waals surface area contributed by atoms with Crippen LogP contribution >= 0.6 is 24.8 Å². The Morgan fingerprint density at radius 3 is 2.35 bits per heavy atom. The number of halogens is 2. The van der Waals surface area contributed by atoms with E-state index in [1.54, 1.807) is 7.11 Å². The Labute approximate surface area is 134 Å². The lowest BCUT2D eigenvalue weighted by Gasteiger charge is -2.43. The van der Waals surface area contributed by atoms with Gasteiger partial charge in [0.05, 0.1) is 13.2 Å². The number of piperazine rings is 1. The van der Waals surface area contributed by atoms with Crippen LogP contribution in [0.3, 0.4) is 0 Å². The molecule has 2 aliphatic rings. The zero-order valence-electron chi connectivity index (χ0n) is 12.2. The largest absolute Gasteiger partial charge is 0.383 e. The van der Waals surface area contributed by atoms with Crippen LogP contribution in [-0.4, -0.2) is 74.7 Å². The Balaban J connectivity index is 0.00000180. The molecule has 0 radical (unpaired) electrons.